The predicted molar refractivity (Wildman–Crippen MR) is 133 cm³/mol. The molecule has 0 spiro atoms. The van der Waals surface area contributed by atoms with Crippen LogP contribution in [-0.4, -0.2) is 93.1 Å². The van der Waals surface area contributed by atoms with Crippen molar-refractivity contribution in [3.8, 4) is 17.6 Å². The first-order chi connectivity index (χ1) is 15.9. The fraction of sp³-hybridized carbons (Fsp3) is 0.640. The van der Waals surface area contributed by atoms with Gasteiger partial charge in [0, 0.05) is 37.5 Å². The lowest BCUT2D eigenvalue weighted by molar-refractivity contribution is -0.132. The van der Waals surface area contributed by atoms with Crippen molar-refractivity contribution < 1.29 is 23.1 Å². The number of likely N-dealkylation sites (N-methyl/N-ethyl adjacent to an activating group) is 2. The molecule has 9 heteroatoms. The van der Waals surface area contributed by atoms with Crippen molar-refractivity contribution in [1.29, 1.82) is 0 Å². The van der Waals surface area contributed by atoms with Crippen molar-refractivity contribution in [2.24, 2.45) is 11.8 Å². The average molecular weight is 494 g/mol. The SMILES string of the molecule is CC(C)CC#Cc1ccc2c(c1)O[C@@H](CN(C)C(=O)CN(C)C)[C@@H](C)CN([C@@H](C)CO)S2(=O)=O. The summed E-state index contributed by atoms with van der Waals surface area (Å²) in [6.45, 7) is 8.19. The average Bonchev–Trinajstić information content (AvgIpc) is 2.74. The molecule has 2 rings (SSSR count). The zero-order chi connectivity index (χ0) is 25.6. The molecule has 0 fully saturated rings. The smallest absolute Gasteiger partial charge is 0.247 e. The van der Waals surface area contributed by atoms with Crippen LogP contribution in [0.15, 0.2) is 23.1 Å². The van der Waals surface area contributed by atoms with Gasteiger partial charge in [0.2, 0.25) is 15.9 Å². The number of nitrogens with zero attached hydrogens (tertiary/aromatic N) is 3. The van der Waals surface area contributed by atoms with Crippen molar-refractivity contribution >= 4 is 15.9 Å². The highest BCUT2D eigenvalue weighted by Gasteiger charge is 2.38. The molecule has 1 heterocycles. The molecular weight excluding hydrogens is 454 g/mol. The van der Waals surface area contributed by atoms with Crippen molar-refractivity contribution in [2.75, 3.05) is 47.4 Å². The summed E-state index contributed by atoms with van der Waals surface area (Å²) in [6.07, 6.45) is 0.286. The van der Waals surface area contributed by atoms with Gasteiger partial charge in [-0.25, -0.2) is 8.42 Å². The van der Waals surface area contributed by atoms with Crippen LogP contribution in [0.1, 0.15) is 39.7 Å². The van der Waals surface area contributed by atoms with Crippen LogP contribution in [0.5, 0.6) is 5.75 Å². The van der Waals surface area contributed by atoms with Gasteiger partial charge in [0.25, 0.3) is 0 Å². The van der Waals surface area contributed by atoms with E-state index in [1.54, 1.807) is 35.9 Å². The van der Waals surface area contributed by atoms with Gasteiger partial charge >= 0.3 is 0 Å². The van der Waals surface area contributed by atoms with Gasteiger partial charge in [0.05, 0.1) is 19.7 Å². The van der Waals surface area contributed by atoms with E-state index in [-0.39, 0.29) is 42.2 Å². The lowest BCUT2D eigenvalue weighted by atomic mass is 10.0. The lowest BCUT2D eigenvalue weighted by Gasteiger charge is -2.37. The second-order valence-electron chi connectivity index (χ2n) is 9.81. The molecule has 1 N–H and O–H groups in total. The number of amides is 1. The summed E-state index contributed by atoms with van der Waals surface area (Å²) >= 11 is 0. The number of hydrogen-bond acceptors (Lipinski definition) is 6. The molecule has 0 saturated carbocycles. The Kier molecular flexibility index (Phi) is 9.95. The number of benzene rings is 1. The van der Waals surface area contributed by atoms with Crippen LogP contribution < -0.4 is 4.74 Å². The Balaban J connectivity index is 2.50. The summed E-state index contributed by atoms with van der Waals surface area (Å²) in [5.41, 5.74) is 0.667. The predicted octanol–water partition coefficient (Wildman–Crippen LogP) is 1.87. The molecule has 0 radical (unpaired) electrons. The quantitative estimate of drug-likeness (QED) is 0.584. The van der Waals surface area contributed by atoms with Crippen LogP contribution in [0.2, 0.25) is 0 Å². The Morgan fingerprint density at radius 1 is 1.26 bits per heavy atom. The van der Waals surface area contributed by atoms with Crippen molar-refractivity contribution in [1.82, 2.24) is 14.1 Å². The summed E-state index contributed by atoms with van der Waals surface area (Å²) in [7, 11) is 1.48. The lowest BCUT2D eigenvalue weighted by Crippen LogP contribution is -2.50. The van der Waals surface area contributed by atoms with Crippen LogP contribution in [0.4, 0.5) is 0 Å². The maximum absolute atomic E-state index is 13.5. The van der Waals surface area contributed by atoms with Gasteiger partial charge in [-0.3, -0.25) is 4.79 Å². The molecule has 0 aliphatic carbocycles. The highest BCUT2D eigenvalue weighted by Crippen LogP contribution is 2.34. The van der Waals surface area contributed by atoms with Gasteiger partial charge in [-0.2, -0.15) is 4.31 Å². The van der Waals surface area contributed by atoms with Gasteiger partial charge in [-0.1, -0.05) is 32.6 Å². The molecule has 190 valence electrons. The molecule has 0 aromatic heterocycles. The van der Waals surface area contributed by atoms with Crippen LogP contribution in [0, 0.1) is 23.7 Å². The molecule has 3 atom stereocenters. The van der Waals surface area contributed by atoms with Crippen LogP contribution in [0.3, 0.4) is 0 Å². The van der Waals surface area contributed by atoms with E-state index in [9.17, 15) is 18.3 Å². The third kappa shape index (κ3) is 7.19. The summed E-state index contributed by atoms with van der Waals surface area (Å²) < 4.78 is 34.7. The monoisotopic (exact) mass is 493 g/mol. The number of rotatable bonds is 7. The highest BCUT2D eigenvalue weighted by atomic mass is 32.2. The van der Waals surface area contributed by atoms with E-state index < -0.39 is 22.2 Å². The first kappa shape index (κ1) is 28.1. The van der Waals surface area contributed by atoms with E-state index in [4.69, 9.17) is 4.74 Å². The summed E-state index contributed by atoms with van der Waals surface area (Å²) in [4.78, 5) is 16.0. The van der Waals surface area contributed by atoms with E-state index in [0.29, 0.717) is 18.0 Å². The number of carbonyl (C=O) groups excluding carboxylic acids is 1. The number of aliphatic hydroxyl groups excluding tert-OH is 1. The summed E-state index contributed by atoms with van der Waals surface area (Å²) in [5, 5.41) is 9.76. The number of fused-ring (bicyclic) bond motifs is 1. The molecule has 1 aliphatic heterocycles. The maximum atomic E-state index is 13.5. The molecule has 8 nitrogen and oxygen atoms in total. The number of hydrogen-bond donors (Lipinski definition) is 1. The maximum Gasteiger partial charge on any atom is 0.247 e. The zero-order valence-corrected chi connectivity index (χ0v) is 22.2. The normalized spacial score (nSPS) is 21.0. The van der Waals surface area contributed by atoms with Gasteiger partial charge < -0.3 is 19.6 Å². The molecular formula is C25H39N3O5S. The number of carbonyl (C=O) groups is 1. The Morgan fingerprint density at radius 2 is 1.94 bits per heavy atom. The van der Waals surface area contributed by atoms with E-state index in [1.807, 2.05) is 21.0 Å². The van der Waals surface area contributed by atoms with Crippen molar-refractivity contribution in [2.45, 2.75) is 51.2 Å². The standard InChI is InChI=1S/C25H39N3O5S/c1-18(2)9-8-10-21-11-12-24-22(13-21)33-23(15-27(7)25(30)16-26(5)6)19(3)14-28(20(4)17-29)34(24,31)32/h11-13,18-20,23,29H,9,14-17H2,1-7H3/t19-,20-,23-/m0/s1. The first-order valence-electron chi connectivity index (χ1n) is 11.7. The fourth-order valence-corrected chi connectivity index (χ4v) is 5.47. The summed E-state index contributed by atoms with van der Waals surface area (Å²) in [6, 6.07) is 4.27. The minimum absolute atomic E-state index is 0.0429. The second-order valence-corrected chi connectivity index (χ2v) is 11.7. The molecule has 1 aliphatic rings. The minimum Gasteiger partial charge on any atom is -0.487 e. The molecule has 1 amide bonds. The molecule has 0 bridgehead atoms. The van der Waals surface area contributed by atoms with Crippen molar-refractivity contribution in [3.63, 3.8) is 0 Å². The van der Waals surface area contributed by atoms with Gasteiger partial charge in [0.1, 0.15) is 16.7 Å². The third-order valence-electron chi connectivity index (χ3n) is 5.74. The van der Waals surface area contributed by atoms with E-state index in [2.05, 4.69) is 25.7 Å². The van der Waals surface area contributed by atoms with Gasteiger partial charge in [0.15, 0.2) is 0 Å². The van der Waals surface area contributed by atoms with E-state index in [0.717, 1.165) is 6.42 Å². The number of aliphatic hydroxyl groups is 1. The largest absolute Gasteiger partial charge is 0.487 e. The van der Waals surface area contributed by atoms with Crippen molar-refractivity contribution in [3.05, 3.63) is 23.8 Å². The zero-order valence-electron chi connectivity index (χ0n) is 21.4. The van der Waals surface area contributed by atoms with Crippen LogP contribution in [0.25, 0.3) is 0 Å². The van der Waals surface area contributed by atoms with Gasteiger partial charge in [-0.15, -0.1) is 0 Å². The number of sulfonamides is 1. The minimum atomic E-state index is -3.91. The van der Waals surface area contributed by atoms with Gasteiger partial charge in [-0.05, 0) is 45.1 Å². The Morgan fingerprint density at radius 3 is 2.53 bits per heavy atom. The third-order valence-corrected chi connectivity index (χ3v) is 7.76. The Hall–Kier alpha value is -2.12. The van der Waals surface area contributed by atoms with Crippen LogP contribution in [-0.2, 0) is 14.8 Å². The molecule has 0 saturated heterocycles. The molecule has 0 unspecified atom stereocenters. The number of ether oxygens (including phenoxy) is 1. The first-order valence-corrected chi connectivity index (χ1v) is 13.1. The molecule has 34 heavy (non-hydrogen) atoms. The Labute approximate surface area is 204 Å². The molecule has 1 aromatic rings. The summed E-state index contributed by atoms with van der Waals surface area (Å²) in [5.74, 6) is 6.58. The fourth-order valence-electron chi connectivity index (χ4n) is 3.64. The second kappa shape index (κ2) is 12.0. The molecule has 1 aromatic carbocycles. The Bertz CT molecular complexity index is 1010. The topological polar surface area (TPSA) is 90.4 Å². The van der Waals surface area contributed by atoms with E-state index >= 15 is 0 Å². The van der Waals surface area contributed by atoms with Crippen LogP contribution >= 0.6 is 0 Å². The highest BCUT2D eigenvalue weighted by molar-refractivity contribution is 7.89. The van der Waals surface area contributed by atoms with E-state index in [1.165, 1.54) is 10.4 Å².